The van der Waals surface area contributed by atoms with Gasteiger partial charge >= 0.3 is 0 Å². The number of halogens is 2. The Balaban J connectivity index is 3.04. The van der Waals surface area contributed by atoms with Crippen molar-refractivity contribution >= 4 is 11.6 Å². The smallest absolute Gasteiger partial charge is 0.126 e. The number of aliphatic hydroxyl groups is 1. The third-order valence-corrected chi connectivity index (χ3v) is 2.30. The average Bonchev–Trinajstić information content (AvgIpc) is 1.97. The van der Waals surface area contributed by atoms with Crippen LogP contribution in [0.5, 0.6) is 0 Å². The van der Waals surface area contributed by atoms with Crippen LogP contribution in [0.4, 0.5) is 4.39 Å². The van der Waals surface area contributed by atoms with Crippen LogP contribution in [-0.4, -0.2) is 10.7 Å². The third-order valence-electron chi connectivity index (χ3n) is 1.95. The van der Waals surface area contributed by atoms with Crippen molar-refractivity contribution in [3.63, 3.8) is 0 Å². The monoisotopic (exact) mass is 216 g/mol. The largest absolute Gasteiger partial charge is 0.390 e. The molecule has 0 saturated heterocycles. The Kier molecular flexibility index (Phi) is 3.17. The Morgan fingerprint density at radius 1 is 1.43 bits per heavy atom. The zero-order valence-corrected chi connectivity index (χ0v) is 9.32. The lowest BCUT2D eigenvalue weighted by Crippen LogP contribution is -2.22. The minimum atomic E-state index is -0.870. The van der Waals surface area contributed by atoms with Crippen LogP contribution in [-0.2, 0) is 6.42 Å². The maximum absolute atomic E-state index is 13.2. The molecule has 0 spiro atoms. The molecule has 3 heteroatoms. The van der Waals surface area contributed by atoms with Gasteiger partial charge in [0.15, 0.2) is 0 Å². The molecule has 0 aliphatic carbocycles. The third kappa shape index (κ3) is 2.96. The molecule has 0 aromatic heterocycles. The molecule has 0 bridgehead atoms. The summed E-state index contributed by atoms with van der Waals surface area (Å²) >= 11 is 5.93. The number of aryl methyl sites for hydroxylation is 1. The molecule has 0 aliphatic heterocycles. The molecule has 1 rings (SSSR count). The molecule has 0 aliphatic rings. The van der Waals surface area contributed by atoms with E-state index < -0.39 is 5.60 Å². The Bertz CT molecular complexity index is 342. The molecular formula is C11H14ClFO. The number of hydrogen-bond acceptors (Lipinski definition) is 1. The van der Waals surface area contributed by atoms with Gasteiger partial charge in [-0.15, -0.1) is 0 Å². The molecule has 0 heterocycles. The summed E-state index contributed by atoms with van der Waals surface area (Å²) in [5.41, 5.74) is 0.294. The van der Waals surface area contributed by atoms with Crippen LogP contribution in [0.3, 0.4) is 0 Å². The Labute approximate surface area is 88.5 Å². The van der Waals surface area contributed by atoms with Gasteiger partial charge in [0.25, 0.3) is 0 Å². The maximum atomic E-state index is 13.2. The second kappa shape index (κ2) is 3.87. The highest BCUT2D eigenvalue weighted by atomic mass is 35.5. The van der Waals surface area contributed by atoms with Gasteiger partial charge in [-0.1, -0.05) is 11.6 Å². The fraction of sp³-hybridized carbons (Fsp3) is 0.455. The van der Waals surface area contributed by atoms with Crippen molar-refractivity contribution in [2.75, 3.05) is 0 Å². The molecule has 1 aromatic carbocycles. The highest BCUT2D eigenvalue weighted by molar-refractivity contribution is 6.31. The molecule has 14 heavy (non-hydrogen) atoms. The van der Waals surface area contributed by atoms with E-state index >= 15 is 0 Å². The Hall–Kier alpha value is -0.600. The van der Waals surface area contributed by atoms with Crippen LogP contribution in [0, 0.1) is 12.7 Å². The van der Waals surface area contributed by atoms with Crippen LogP contribution in [0.25, 0.3) is 0 Å². The van der Waals surface area contributed by atoms with Crippen LogP contribution < -0.4 is 0 Å². The zero-order chi connectivity index (χ0) is 10.9. The lowest BCUT2D eigenvalue weighted by atomic mass is 9.98. The second-order valence-electron chi connectivity index (χ2n) is 4.18. The van der Waals surface area contributed by atoms with Crippen molar-refractivity contribution in [1.29, 1.82) is 0 Å². The normalized spacial score (nSPS) is 11.9. The maximum Gasteiger partial charge on any atom is 0.126 e. The number of hydrogen-bond donors (Lipinski definition) is 1. The summed E-state index contributed by atoms with van der Waals surface area (Å²) in [7, 11) is 0. The van der Waals surface area contributed by atoms with Crippen molar-refractivity contribution in [2.45, 2.75) is 32.8 Å². The fourth-order valence-corrected chi connectivity index (χ4v) is 1.57. The van der Waals surface area contributed by atoms with Gasteiger partial charge in [0.05, 0.1) is 5.60 Å². The van der Waals surface area contributed by atoms with E-state index in [2.05, 4.69) is 0 Å². The molecule has 0 radical (unpaired) electrons. The van der Waals surface area contributed by atoms with E-state index in [4.69, 9.17) is 11.6 Å². The van der Waals surface area contributed by atoms with Gasteiger partial charge in [-0.25, -0.2) is 4.39 Å². The van der Waals surface area contributed by atoms with Gasteiger partial charge in [0.2, 0.25) is 0 Å². The summed E-state index contributed by atoms with van der Waals surface area (Å²) in [6.45, 7) is 5.00. The summed E-state index contributed by atoms with van der Waals surface area (Å²) in [5, 5.41) is 10.1. The van der Waals surface area contributed by atoms with Gasteiger partial charge in [-0.3, -0.25) is 0 Å². The molecule has 0 saturated carbocycles. The van der Waals surface area contributed by atoms with E-state index in [0.29, 0.717) is 22.6 Å². The van der Waals surface area contributed by atoms with Gasteiger partial charge in [-0.05, 0) is 44.0 Å². The zero-order valence-electron chi connectivity index (χ0n) is 8.56. The SMILES string of the molecule is Cc1cc(Cl)c(CC(C)(C)O)cc1F. The quantitative estimate of drug-likeness (QED) is 0.806. The Morgan fingerprint density at radius 2 is 2.00 bits per heavy atom. The minimum absolute atomic E-state index is 0.284. The first-order valence-electron chi connectivity index (χ1n) is 4.46. The molecule has 1 aromatic rings. The van der Waals surface area contributed by atoms with E-state index in [1.165, 1.54) is 6.07 Å². The molecule has 78 valence electrons. The van der Waals surface area contributed by atoms with Gasteiger partial charge in [0, 0.05) is 11.4 Å². The molecular weight excluding hydrogens is 203 g/mol. The molecule has 1 N–H and O–H groups in total. The van der Waals surface area contributed by atoms with Crippen LogP contribution in [0.15, 0.2) is 12.1 Å². The summed E-state index contributed by atoms with van der Waals surface area (Å²) in [6.07, 6.45) is 0.350. The Morgan fingerprint density at radius 3 is 2.50 bits per heavy atom. The van der Waals surface area contributed by atoms with Crippen LogP contribution >= 0.6 is 11.6 Å². The first-order valence-corrected chi connectivity index (χ1v) is 4.84. The average molecular weight is 217 g/mol. The summed E-state index contributed by atoms with van der Waals surface area (Å²) in [5.74, 6) is -0.284. The number of benzene rings is 1. The molecule has 0 atom stereocenters. The molecule has 0 amide bonds. The van der Waals surface area contributed by atoms with E-state index in [1.807, 2.05) is 0 Å². The standard InChI is InChI=1S/C11H14ClFO/c1-7-4-9(12)8(5-10(7)13)6-11(2,3)14/h4-5,14H,6H2,1-3H3. The van der Waals surface area contributed by atoms with E-state index in [0.717, 1.165) is 0 Å². The van der Waals surface area contributed by atoms with Crippen molar-refractivity contribution in [1.82, 2.24) is 0 Å². The highest BCUT2D eigenvalue weighted by Gasteiger charge is 2.16. The fourth-order valence-electron chi connectivity index (χ4n) is 1.29. The highest BCUT2D eigenvalue weighted by Crippen LogP contribution is 2.24. The summed E-state index contributed by atoms with van der Waals surface area (Å²) < 4.78 is 13.2. The van der Waals surface area contributed by atoms with Crippen LogP contribution in [0.2, 0.25) is 5.02 Å². The summed E-state index contributed by atoms with van der Waals surface area (Å²) in [6, 6.07) is 2.97. The van der Waals surface area contributed by atoms with Crippen molar-refractivity contribution in [2.24, 2.45) is 0 Å². The van der Waals surface area contributed by atoms with Gasteiger partial charge in [-0.2, -0.15) is 0 Å². The molecule has 0 unspecified atom stereocenters. The van der Waals surface area contributed by atoms with E-state index in [9.17, 15) is 9.50 Å². The molecule has 0 fully saturated rings. The molecule has 1 nitrogen and oxygen atoms in total. The van der Waals surface area contributed by atoms with Gasteiger partial charge in [0.1, 0.15) is 5.82 Å². The first kappa shape index (κ1) is 11.5. The predicted molar refractivity (Wildman–Crippen MR) is 56.1 cm³/mol. The lowest BCUT2D eigenvalue weighted by molar-refractivity contribution is 0.0809. The van der Waals surface area contributed by atoms with Crippen molar-refractivity contribution < 1.29 is 9.50 Å². The number of rotatable bonds is 2. The van der Waals surface area contributed by atoms with E-state index in [-0.39, 0.29) is 5.82 Å². The summed E-state index contributed by atoms with van der Waals surface area (Å²) in [4.78, 5) is 0. The lowest BCUT2D eigenvalue weighted by Gasteiger charge is -2.18. The van der Waals surface area contributed by atoms with Gasteiger partial charge < -0.3 is 5.11 Å². The van der Waals surface area contributed by atoms with Crippen molar-refractivity contribution in [3.05, 3.63) is 34.1 Å². The van der Waals surface area contributed by atoms with Crippen LogP contribution in [0.1, 0.15) is 25.0 Å². The minimum Gasteiger partial charge on any atom is -0.390 e. The topological polar surface area (TPSA) is 20.2 Å². The second-order valence-corrected chi connectivity index (χ2v) is 4.59. The van der Waals surface area contributed by atoms with E-state index in [1.54, 1.807) is 26.8 Å². The van der Waals surface area contributed by atoms with Crippen molar-refractivity contribution in [3.8, 4) is 0 Å². The predicted octanol–water partition coefficient (Wildman–Crippen LogP) is 3.10. The first-order chi connectivity index (χ1) is 6.29.